The predicted octanol–water partition coefficient (Wildman–Crippen LogP) is 2.35. The first kappa shape index (κ1) is 9.11. The van der Waals surface area contributed by atoms with Gasteiger partial charge < -0.3 is 10.5 Å². The molecule has 76 valence electrons. The minimum atomic E-state index is -4.50. The summed E-state index contributed by atoms with van der Waals surface area (Å²) in [6.45, 7) is 0. The first-order valence-electron chi connectivity index (χ1n) is 3.69. The monoisotopic (exact) mass is 207 g/mol. The molecule has 6 heteroatoms. The number of anilines is 1. The topological polar surface area (TPSA) is 35.2 Å². The van der Waals surface area contributed by atoms with E-state index in [1.807, 2.05) is 0 Å². The normalized spacial score (nSPS) is 21.4. The molecule has 0 fully saturated rings. The zero-order valence-corrected chi connectivity index (χ0v) is 6.73. The van der Waals surface area contributed by atoms with E-state index in [9.17, 15) is 17.6 Å². The van der Waals surface area contributed by atoms with E-state index in [2.05, 4.69) is 4.74 Å². The molecule has 0 unspecified atom stereocenters. The van der Waals surface area contributed by atoms with Crippen LogP contribution in [0, 0.1) is 0 Å². The summed E-state index contributed by atoms with van der Waals surface area (Å²) in [5.74, 6) is -4.85. The van der Waals surface area contributed by atoms with Gasteiger partial charge in [-0.3, -0.25) is 0 Å². The Labute approximate surface area is 76.3 Å². The molecule has 1 aromatic rings. The SMILES string of the molecule is Nc1ccc2c(c1)C(F)(F)C(F)(F)O2. The lowest BCUT2D eigenvalue weighted by Crippen LogP contribution is -2.36. The van der Waals surface area contributed by atoms with Gasteiger partial charge >= 0.3 is 12.0 Å². The van der Waals surface area contributed by atoms with Gasteiger partial charge in [-0.15, -0.1) is 0 Å². The molecule has 14 heavy (non-hydrogen) atoms. The molecule has 1 aliphatic heterocycles. The van der Waals surface area contributed by atoms with Crippen molar-refractivity contribution in [2.75, 3.05) is 5.73 Å². The van der Waals surface area contributed by atoms with Crippen LogP contribution in [0.15, 0.2) is 18.2 Å². The molecule has 0 saturated carbocycles. The second kappa shape index (κ2) is 2.31. The third-order valence-electron chi connectivity index (χ3n) is 1.95. The van der Waals surface area contributed by atoms with Crippen LogP contribution < -0.4 is 10.5 Å². The fourth-order valence-corrected chi connectivity index (χ4v) is 1.24. The number of hydrogen-bond donors (Lipinski definition) is 1. The average Bonchev–Trinajstić information content (AvgIpc) is 2.22. The first-order valence-corrected chi connectivity index (χ1v) is 3.69. The van der Waals surface area contributed by atoms with Crippen molar-refractivity contribution in [3.63, 3.8) is 0 Å². The molecule has 0 radical (unpaired) electrons. The molecule has 2 N–H and O–H groups in total. The van der Waals surface area contributed by atoms with E-state index in [0.29, 0.717) is 0 Å². The molecule has 0 bridgehead atoms. The summed E-state index contributed by atoms with van der Waals surface area (Å²) < 4.78 is 55.0. The van der Waals surface area contributed by atoms with Crippen molar-refractivity contribution in [2.45, 2.75) is 12.0 Å². The first-order chi connectivity index (χ1) is 6.34. The minimum Gasteiger partial charge on any atom is -0.427 e. The lowest BCUT2D eigenvalue weighted by atomic mass is 10.1. The van der Waals surface area contributed by atoms with Crippen molar-refractivity contribution >= 4 is 5.69 Å². The molecule has 2 rings (SSSR count). The van der Waals surface area contributed by atoms with E-state index in [1.54, 1.807) is 0 Å². The van der Waals surface area contributed by atoms with Gasteiger partial charge in [0, 0.05) is 5.69 Å². The summed E-state index contributed by atoms with van der Waals surface area (Å²) in [4.78, 5) is 0. The zero-order chi connectivity index (χ0) is 10.6. The second-order valence-electron chi connectivity index (χ2n) is 2.95. The summed E-state index contributed by atoms with van der Waals surface area (Å²) in [5, 5.41) is 0. The summed E-state index contributed by atoms with van der Waals surface area (Å²) >= 11 is 0. The average molecular weight is 207 g/mol. The fourth-order valence-electron chi connectivity index (χ4n) is 1.24. The van der Waals surface area contributed by atoms with E-state index >= 15 is 0 Å². The summed E-state index contributed by atoms with van der Waals surface area (Å²) in [6, 6.07) is 3.01. The Morgan fingerprint density at radius 3 is 2.43 bits per heavy atom. The zero-order valence-electron chi connectivity index (χ0n) is 6.73. The van der Waals surface area contributed by atoms with Crippen LogP contribution in [0.3, 0.4) is 0 Å². The third-order valence-corrected chi connectivity index (χ3v) is 1.95. The summed E-state index contributed by atoms with van der Waals surface area (Å²) in [5.41, 5.74) is 4.32. The van der Waals surface area contributed by atoms with Crippen molar-refractivity contribution in [1.82, 2.24) is 0 Å². The van der Waals surface area contributed by atoms with Gasteiger partial charge in [-0.1, -0.05) is 0 Å². The molecule has 0 atom stereocenters. The van der Waals surface area contributed by atoms with Gasteiger partial charge in [-0.05, 0) is 18.2 Å². The third kappa shape index (κ3) is 0.964. The van der Waals surface area contributed by atoms with Gasteiger partial charge in [-0.2, -0.15) is 17.6 Å². The Morgan fingerprint density at radius 1 is 1.14 bits per heavy atom. The number of rotatable bonds is 0. The largest absolute Gasteiger partial charge is 0.469 e. The molecule has 1 heterocycles. The van der Waals surface area contributed by atoms with E-state index in [0.717, 1.165) is 12.1 Å². The van der Waals surface area contributed by atoms with Crippen molar-refractivity contribution in [3.05, 3.63) is 23.8 Å². The lowest BCUT2D eigenvalue weighted by molar-refractivity contribution is -0.296. The summed E-state index contributed by atoms with van der Waals surface area (Å²) in [6.07, 6.45) is -4.50. The van der Waals surface area contributed by atoms with Crippen molar-refractivity contribution in [3.8, 4) is 5.75 Å². The van der Waals surface area contributed by atoms with E-state index < -0.39 is 23.3 Å². The van der Waals surface area contributed by atoms with Crippen LogP contribution in [0.2, 0.25) is 0 Å². The number of nitrogen functional groups attached to an aromatic ring is 1. The maximum atomic E-state index is 13.0. The lowest BCUT2D eigenvalue weighted by Gasteiger charge is -2.15. The highest BCUT2D eigenvalue weighted by molar-refractivity contribution is 5.52. The number of fused-ring (bicyclic) bond motifs is 1. The van der Waals surface area contributed by atoms with Crippen LogP contribution in [0.1, 0.15) is 5.56 Å². The smallest absolute Gasteiger partial charge is 0.427 e. The minimum absolute atomic E-state index is 0.00951. The molecule has 0 spiro atoms. The number of ether oxygens (including phenoxy) is 1. The molecule has 0 amide bonds. The summed E-state index contributed by atoms with van der Waals surface area (Å²) in [7, 11) is 0. The van der Waals surface area contributed by atoms with E-state index in [4.69, 9.17) is 5.73 Å². The Morgan fingerprint density at radius 2 is 1.79 bits per heavy atom. The second-order valence-corrected chi connectivity index (χ2v) is 2.95. The highest BCUT2D eigenvalue weighted by Gasteiger charge is 2.66. The van der Waals surface area contributed by atoms with Crippen molar-refractivity contribution < 1.29 is 22.3 Å². The van der Waals surface area contributed by atoms with E-state index in [-0.39, 0.29) is 5.69 Å². The Bertz CT molecular complexity index is 391. The number of hydrogen-bond acceptors (Lipinski definition) is 2. The fraction of sp³-hybridized carbons (Fsp3) is 0.250. The van der Waals surface area contributed by atoms with Gasteiger partial charge in [0.15, 0.2) is 0 Å². The van der Waals surface area contributed by atoms with Crippen LogP contribution in [0.25, 0.3) is 0 Å². The molecule has 0 aliphatic carbocycles. The van der Waals surface area contributed by atoms with Crippen molar-refractivity contribution in [1.29, 1.82) is 0 Å². The quantitative estimate of drug-likeness (QED) is 0.523. The predicted molar refractivity (Wildman–Crippen MR) is 40.3 cm³/mol. The highest BCUT2D eigenvalue weighted by atomic mass is 19.3. The van der Waals surface area contributed by atoms with Gasteiger partial charge in [-0.25, -0.2) is 0 Å². The molecule has 1 aliphatic rings. The Balaban J connectivity index is 2.62. The van der Waals surface area contributed by atoms with Crippen LogP contribution in [-0.2, 0) is 5.92 Å². The maximum absolute atomic E-state index is 13.0. The number of benzene rings is 1. The van der Waals surface area contributed by atoms with Crippen LogP contribution in [0.5, 0.6) is 5.75 Å². The van der Waals surface area contributed by atoms with Gasteiger partial charge in [0.1, 0.15) is 5.75 Å². The molecule has 2 nitrogen and oxygen atoms in total. The standard InChI is InChI=1S/C8H5F4NO/c9-7(10)5-3-4(13)1-2-6(5)14-8(7,11)12/h1-3H,13H2. The Kier molecular flexibility index (Phi) is 1.51. The van der Waals surface area contributed by atoms with Crippen LogP contribution >= 0.6 is 0 Å². The molecule has 0 saturated heterocycles. The molecular weight excluding hydrogens is 202 g/mol. The number of alkyl halides is 4. The van der Waals surface area contributed by atoms with Crippen LogP contribution in [-0.4, -0.2) is 6.11 Å². The molecule has 0 aromatic heterocycles. The van der Waals surface area contributed by atoms with Gasteiger partial charge in [0.25, 0.3) is 0 Å². The Hall–Kier alpha value is -1.46. The number of halogens is 4. The van der Waals surface area contributed by atoms with Gasteiger partial charge in [0.05, 0.1) is 5.56 Å². The molecule has 1 aromatic carbocycles. The maximum Gasteiger partial charge on any atom is 0.469 e. The van der Waals surface area contributed by atoms with E-state index in [1.165, 1.54) is 6.07 Å². The highest BCUT2D eigenvalue weighted by Crippen LogP contribution is 2.53. The van der Waals surface area contributed by atoms with Crippen LogP contribution in [0.4, 0.5) is 23.2 Å². The molecular formula is C8H5F4NO. The van der Waals surface area contributed by atoms with Crippen molar-refractivity contribution in [2.24, 2.45) is 0 Å². The van der Waals surface area contributed by atoms with Gasteiger partial charge in [0.2, 0.25) is 0 Å². The number of nitrogens with two attached hydrogens (primary N) is 1.